The van der Waals surface area contributed by atoms with Gasteiger partial charge in [-0.05, 0) is 31.0 Å². The normalized spacial score (nSPS) is 18.6. The maximum atomic E-state index is 12.8. The largest absolute Gasteiger partial charge is 0.355 e. The van der Waals surface area contributed by atoms with Crippen molar-refractivity contribution in [1.82, 2.24) is 10.2 Å². The first-order chi connectivity index (χ1) is 13.2. The fourth-order valence-corrected chi connectivity index (χ4v) is 4.00. The van der Waals surface area contributed by atoms with E-state index in [1.165, 1.54) is 17.3 Å². The summed E-state index contributed by atoms with van der Waals surface area (Å²) in [6.07, 6.45) is 0.936. The number of nitrogens with zero attached hydrogens (tertiary/aromatic N) is 2. The third kappa shape index (κ3) is 5.20. The Morgan fingerprint density at radius 3 is 2.48 bits per heavy atom. The van der Waals surface area contributed by atoms with Crippen molar-refractivity contribution in [1.29, 1.82) is 0 Å². The molecule has 0 radical (unpaired) electrons. The highest BCUT2D eigenvalue weighted by Gasteiger charge is 2.35. The summed E-state index contributed by atoms with van der Waals surface area (Å²) in [4.78, 5) is 31.4. The molecule has 2 aromatic carbocycles. The summed E-state index contributed by atoms with van der Waals surface area (Å²) in [6, 6.07) is 19.6. The Hall–Kier alpha value is -2.60. The molecule has 6 heteroatoms. The monoisotopic (exact) mass is 381 g/mol. The van der Waals surface area contributed by atoms with Gasteiger partial charge in [-0.2, -0.15) is 0 Å². The molecule has 140 valence electrons. The van der Waals surface area contributed by atoms with Crippen molar-refractivity contribution in [2.24, 2.45) is 4.99 Å². The molecule has 0 spiro atoms. The molecular weight excluding hydrogens is 358 g/mol. The first-order valence-electron chi connectivity index (χ1n) is 9.09. The molecule has 27 heavy (non-hydrogen) atoms. The highest BCUT2D eigenvalue weighted by molar-refractivity contribution is 8.15. The van der Waals surface area contributed by atoms with Crippen LogP contribution in [0.3, 0.4) is 0 Å². The summed E-state index contributed by atoms with van der Waals surface area (Å²) in [5, 5.41) is 2.96. The average Bonchev–Trinajstić information content (AvgIpc) is 2.69. The molecule has 0 aromatic heterocycles. The van der Waals surface area contributed by atoms with Gasteiger partial charge in [0, 0.05) is 19.5 Å². The molecule has 1 unspecified atom stereocenters. The Bertz CT molecular complexity index is 809. The van der Waals surface area contributed by atoms with Crippen molar-refractivity contribution in [3.05, 3.63) is 66.2 Å². The van der Waals surface area contributed by atoms with Crippen molar-refractivity contribution >= 4 is 34.4 Å². The second-order valence-electron chi connectivity index (χ2n) is 6.22. The van der Waals surface area contributed by atoms with E-state index >= 15 is 0 Å². The number of aliphatic imine (C=N–C) groups is 1. The molecule has 0 saturated carbocycles. The van der Waals surface area contributed by atoms with Crippen LogP contribution in [0.15, 0.2) is 65.7 Å². The number of benzene rings is 2. The van der Waals surface area contributed by atoms with E-state index in [1.807, 2.05) is 67.6 Å². The first-order valence-corrected chi connectivity index (χ1v) is 9.97. The molecule has 1 saturated heterocycles. The number of nitrogens with one attached hydrogen (secondary N) is 1. The Kier molecular flexibility index (Phi) is 6.65. The fourth-order valence-electron chi connectivity index (χ4n) is 2.85. The number of para-hydroxylation sites is 1. The van der Waals surface area contributed by atoms with Crippen LogP contribution in [0.25, 0.3) is 0 Å². The first kappa shape index (κ1) is 19.2. The van der Waals surface area contributed by atoms with E-state index in [9.17, 15) is 9.59 Å². The zero-order chi connectivity index (χ0) is 19.1. The maximum Gasteiger partial charge on any atom is 0.234 e. The van der Waals surface area contributed by atoms with Crippen molar-refractivity contribution in [2.45, 2.75) is 25.0 Å². The number of carbonyl (C=O) groups is 2. The van der Waals surface area contributed by atoms with Gasteiger partial charge in [0.1, 0.15) is 0 Å². The molecule has 0 aliphatic carbocycles. The van der Waals surface area contributed by atoms with E-state index in [0.29, 0.717) is 18.3 Å². The van der Waals surface area contributed by atoms with E-state index < -0.39 is 5.25 Å². The molecular formula is C21H23N3O2S. The van der Waals surface area contributed by atoms with E-state index in [4.69, 9.17) is 0 Å². The summed E-state index contributed by atoms with van der Waals surface area (Å²) in [5.74, 6) is -0.171. The number of hydrogen-bond donors (Lipinski definition) is 1. The molecule has 1 atom stereocenters. The minimum Gasteiger partial charge on any atom is -0.355 e. The van der Waals surface area contributed by atoms with E-state index in [2.05, 4.69) is 10.3 Å². The summed E-state index contributed by atoms with van der Waals surface area (Å²) >= 11 is 1.36. The van der Waals surface area contributed by atoms with Gasteiger partial charge in [-0.1, -0.05) is 60.3 Å². The Morgan fingerprint density at radius 1 is 1.15 bits per heavy atom. The fraction of sp³-hybridized carbons (Fsp3) is 0.286. The van der Waals surface area contributed by atoms with Gasteiger partial charge in [0.05, 0.1) is 10.9 Å². The zero-order valence-corrected chi connectivity index (χ0v) is 16.1. The number of amidine groups is 1. The minimum absolute atomic E-state index is 0.0596. The topological polar surface area (TPSA) is 61.8 Å². The van der Waals surface area contributed by atoms with Crippen LogP contribution in [0.5, 0.6) is 0 Å². The highest BCUT2D eigenvalue weighted by Crippen LogP contribution is 2.29. The van der Waals surface area contributed by atoms with Gasteiger partial charge in [0.15, 0.2) is 5.17 Å². The second-order valence-corrected chi connectivity index (χ2v) is 7.39. The van der Waals surface area contributed by atoms with Crippen molar-refractivity contribution in [3.8, 4) is 0 Å². The van der Waals surface area contributed by atoms with Crippen LogP contribution in [0.1, 0.15) is 18.9 Å². The molecule has 2 aromatic rings. The lowest BCUT2D eigenvalue weighted by Crippen LogP contribution is -2.47. The maximum absolute atomic E-state index is 12.8. The summed E-state index contributed by atoms with van der Waals surface area (Å²) in [5.41, 5.74) is 1.94. The van der Waals surface area contributed by atoms with Crippen LogP contribution in [-0.4, -0.2) is 40.2 Å². The molecule has 1 aliphatic rings. The molecule has 3 rings (SSSR count). The zero-order valence-electron chi connectivity index (χ0n) is 15.3. The van der Waals surface area contributed by atoms with Crippen LogP contribution < -0.4 is 5.32 Å². The predicted molar refractivity (Wildman–Crippen MR) is 110 cm³/mol. The molecule has 1 fully saturated rings. The van der Waals surface area contributed by atoms with Gasteiger partial charge in [-0.3, -0.25) is 14.5 Å². The standard InChI is InChI=1S/C21H23N3O2S/c1-2-22-20(26)18-15-19(25)24(14-13-16-9-5-3-6-10-16)21(27-18)23-17-11-7-4-8-12-17/h3-12,18H,2,13-15H2,1H3,(H,22,26). The van der Waals surface area contributed by atoms with Crippen LogP contribution >= 0.6 is 11.8 Å². The smallest absolute Gasteiger partial charge is 0.234 e. The minimum atomic E-state index is -0.437. The van der Waals surface area contributed by atoms with E-state index in [-0.39, 0.29) is 18.2 Å². The lowest BCUT2D eigenvalue weighted by atomic mass is 10.1. The number of rotatable bonds is 6. The van der Waals surface area contributed by atoms with Crippen molar-refractivity contribution in [2.75, 3.05) is 13.1 Å². The van der Waals surface area contributed by atoms with Crippen LogP contribution in [-0.2, 0) is 16.0 Å². The molecule has 1 heterocycles. The van der Waals surface area contributed by atoms with Gasteiger partial charge in [0.2, 0.25) is 11.8 Å². The second kappa shape index (κ2) is 9.37. The Morgan fingerprint density at radius 2 is 1.81 bits per heavy atom. The molecule has 1 aliphatic heterocycles. The van der Waals surface area contributed by atoms with Gasteiger partial charge < -0.3 is 5.32 Å². The van der Waals surface area contributed by atoms with Crippen LogP contribution in [0.2, 0.25) is 0 Å². The quantitative estimate of drug-likeness (QED) is 0.834. The van der Waals surface area contributed by atoms with Gasteiger partial charge >= 0.3 is 0 Å². The summed E-state index contributed by atoms with van der Waals surface area (Å²) in [7, 11) is 0. The van der Waals surface area contributed by atoms with E-state index in [0.717, 1.165) is 12.1 Å². The summed E-state index contributed by atoms with van der Waals surface area (Å²) in [6.45, 7) is 2.97. The number of carbonyl (C=O) groups excluding carboxylic acids is 2. The van der Waals surface area contributed by atoms with E-state index in [1.54, 1.807) is 4.90 Å². The molecule has 5 nitrogen and oxygen atoms in total. The molecule has 1 N–H and O–H groups in total. The summed E-state index contributed by atoms with van der Waals surface area (Å²) < 4.78 is 0. The lowest BCUT2D eigenvalue weighted by Gasteiger charge is -2.31. The number of amides is 2. The van der Waals surface area contributed by atoms with Gasteiger partial charge in [0.25, 0.3) is 0 Å². The third-order valence-corrected chi connectivity index (χ3v) is 5.42. The highest BCUT2D eigenvalue weighted by atomic mass is 32.2. The van der Waals surface area contributed by atoms with Crippen LogP contribution in [0.4, 0.5) is 5.69 Å². The van der Waals surface area contributed by atoms with Gasteiger partial charge in [-0.15, -0.1) is 0 Å². The SMILES string of the molecule is CCNC(=O)C1CC(=O)N(CCc2ccccc2)C(=Nc2ccccc2)S1. The Balaban J connectivity index is 1.81. The predicted octanol–water partition coefficient (Wildman–Crippen LogP) is 3.39. The Labute approximate surface area is 163 Å². The van der Waals surface area contributed by atoms with Gasteiger partial charge in [-0.25, -0.2) is 4.99 Å². The van der Waals surface area contributed by atoms with Crippen molar-refractivity contribution < 1.29 is 9.59 Å². The molecule has 2 amide bonds. The van der Waals surface area contributed by atoms with Crippen molar-refractivity contribution in [3.63, 3.8) is 0 Å². The number of thioether (sulfide) groups is 1. The van der Waals surface area contributed by atoms with Crippen LogP contribution in [0, 0.1) is 0 Å². The molecule has 0 bridgehead atoms. The average molecular weight is 382 g/mol. The lowest BCUT2D eigenvalue weighted by molar-refractivity contribution is -0.130. The third-order valence-electron chi connectivity index (χ3n) is 4.23. The number of hydrogen-bond acceptors (Lipinski definition) is 4.